The van der Waals surface area contributed by atoms with Gasteiger partial charge in [-0.05, 0) is 57.8 Å². The van der Waals surface area contributed by atoms with E-state index in [1.54, 1.807) is 53.9 Å². The van der Waals surface area contributed by atoms with Gasteiger partial charge in [-0.1, -0.05) is 37.1 Å². The van der Waals surface area contributed by atoms with Crippen molar-refractivity contribution in [2.45, 2.75) is 66.3 Å². The van der Waals surface area contributed by atoms with E-state index in [2.05, 4.69) is 24.9 Å². The molecule has 0 radical (unpaired) electrons. The van der Waals surface area contributed by atoms with E-state index in [9.17, 15) is 9.59 Å². The maximum Gasteiger partial charge on any atom is 0.249 e. The molecular formula is C27H42ClN3O3S. The van der Waals surface area contributed by atoms with E-state index in [0.29, 0.717) is 30.7 Å². The molecule has 0 aromatic carbocycles. The number of ether oxygens (including phenoxy) is 1. The summed E-state index contributed by atoms with van der Waals surface area (Å²) in [5.41, 5.74) is 3.68. The largest absolute Gasteiger partial charge is 0.501 e. The highest BCUT2D eigenvalue weighted by molar-refractivity contribution is 7.09. The minimum Gasteiger partial charge on any atom is -0.501 e. The van der Waals surface area contributed by atoms with Crippen molar-refractivity contribution in [2.75, 3.05) is 27.7 Å². The van der Waals surface area contributed by atoms with Crippen LogP contribution in [0.3, 0.4) is 0 Å². The molecule has 1 heterocycles. The molecule has 1 rings (SSSR count). The Morgan fingerprint density at radius 2 is 1.91 bits per heavy atom. The molecule has 0 aliphatic heterocycles. The van der Waals surface area contributed by atoms with Crippen molar-refractivity contribution in [3.8, 4) is 0 Å². The molecule has 0 N–H and O–H groups in total. The third-order valence-electron chi connectivity index (χ3n) is 5.98. The zero-order valence-electron chi connectivity index (χ0n) is 22.3. The molecule has 2 unspecified atom stereocenters. The Morgan fingerprint density at radius 1 is 1.20 bits per heavy atom. The Morgan fingerprint density at radius 3 is 2.51 bits per heavy atom. The molecule has 2 atom stereocenters. The lowest BCUT2D eigenvalue weighted by Crippen LogP contribution is -2.27. The second-order valence-corrected chi connectivity index (χ2v) is 10.6. The van der Waals surface area contributed by atoms with Gasteiger partial charge in [-0.25, -0.2) is 4.98 Å². The first kappa shape index (κ1) is 30.9. The predicted molar refractivity (Wildman–Crippen MR) is 146 cm³/mol. The van der Waals surface area contributed by atoms with Crippen molar-refractivity contribution in [1.29, 1.82) is 0 Å². The molecule has 1 aromatic rings. The van der Waals surface area contributed by atoms with Crippen LogP contribution in [0, 0.1) is 11.8 Å². The van der Waals surface area contributed by atoms with Crippen LogP contribution in [0.15, 0.2) is 46.2 Å². The highest BCUT2D eigenvalue weighted by atomic mass is 35.5. The number of likely N-dealkylation sites (N-methyl/N-ethyl adjacent to an activating group) is 2. The molecule has 0 saturated carbocycles. The molecule has 0 aliphatic rings. The summed E-state index contributed by atoms with van der Waals surface area (Å²) >= 11 is 7.64. The summed E-state index contributed by atoms with van der Waals surface area (Å²) in [6.45, 7) is 9.28. The van der Waals surface area contributed by atoms with Crippen molar-refractivity contribution < 1.29 is 14.3 Å². The molecule has 0 fully saturated rings. The Kier molecular flexibility index (Phi) is 14.6. The first-order valence-corrected chi connectivity index (χ1v) is 13.5. The maximum absolute atomic E-state index is 12.7. The van der Waals surface area contributed by atoms with Crippen LogP contribution in [0.1, 0.15) is 64.8 Å². The lowest BCUT2D eigenvalue weighted by molar-refractivity contribution is -0.126. The molecule has 2 amide bonds. The van der Waals surface area contributed by atoms with E-state index in [1.807, 2.05) is 19.4 Å². The Bertz CT molecular complexity index is 880. The van der Waals surface area contributed by atoms with Crippen LogP contribution >= 0.6 is 22.9 Å². The Labute approximate surface area is 220 Å². The Balaban J connectivity index is 2.41. The topological polar surface area (TPSA) is 62.7 Å². The second-order valence-electron chi connectivity index (χ2n) is 9.38. The van der Waals surface area contributed by atoms with Gasteiger partial charge in [0.05, 0.1) is 19.4 Å². The number of hydrogen-bond donors (Lipinski definition) is 0. The van der Waals surface area contributed by atoms with Gasteiger partial charge in [-0.3, -0.25) is 9.59 Å². The molecule has 8 heteroatoms. The van der Waals surface area contributed by atoms with Crippen molar-refractivity contribution in [3.05, 3.63) is 51.2 Å². The molecular weight excluding hydrogens is 482 g/mol. The van der Waals surface area contributed by atoms with Crippen LogP contribution < -0.4 is 0 Å². The quantitative estimate of drug-likeness (QED) is 0.197. The van der Waals surface area contributed by atoms with Crippen molar-refractivity contribution in [3.63, 3.8) is 0 Å². The SMILES string of the molecule is CO/C(C)=C\C(=O)N(C)CCC/C(=C/Cl)CCC(C)CC(C)/C=C(/C)C(=O)N(C)Cc1nccs1. The summed E-state index contributed by atoms with van der Waals surface area (Å²) in [5, 5.41) is 2.86. The zero-order valence-corrected chi connectivity index (χ0v) is 23.9. The third-order valence-corrected chi connectivity index (χ3v) is 7.05. The number of carbonyl (C=O) groups is 2. The van der Waals surface area contributed by atoms with E-state index in [4.69, 9.17) is 16.3 Å². The zero-order chi connectivity index (χ0) is 26.4. The fourth-order valence-corrected chi connectivity index (χ4v) is 4.77. The van der Waals surface area contributed by atoms with Gasteiger partial charge in [0, 0.05) is 49.4 Å². The van der Waals surface area contributed by atoms with Gasteiger partial charge in [0.15, 0.2) is 0 Å². The van der Waals surface area contributed by atoms with Gasteiger partial charge in [-0.2, -0.15) is 0 Å². The molecule has 0 bridgehead atoms. The number of allylic oxidation sites excluding steroid dienone is 3. The van der Waals surface area contributed by atoms with Crippen molar-refractivity contribution in [2.24, 2.45) is 11.8 Å². The maximum atomic E-state index is 12.7. The average molecular weight is 524 g/mol. The summed E-state index contributed by atoms with van der Waals surface area (Å²) in [4.78, 5) is 32.5. The van der Waals surface area contributed by atoms with E-state index in [0.717, 1.165) is 42.7 Å². The number of nitrogens with zero attached hydrogens (tertiary/aromatic N) is 3. The molecule has 0 spiro atoms. The van der Waals surface area contributed by atoms with Gasteiger partial charge in [0.25, 0.3) is 0 Å². The first-order valence-electron chi connectivity index (χ1n) is 12.1. The van der Waals surface area contributed by atoms with E-state index < -0.39 is 0 Å². The van der Waals surface area contributed by atoms with E-state index in [-0.39, 0.29) is 11.8 Å². The normalized spacial score (nSPS) is 14.5. The number of methoxy groups -OCH3 is 1. The van der Waals surface area contributed by atoms with E-state index in [1.165, 1.54) is 11.6 Å². The van der Waals surface area contributed by atoms with E-state index >= 15 is 0 Å². The van der Waals surface area contributed by atoms with Crippen LogP contribution in [0.5, 0.6) is 0 Å². The molecule has 1 aromatic heterocycles. The highest BCUT2D eigenvalue weighted by Crippen LogP contribution is 2.23. The average Bonchev–Trinajstić information content (AvgIpc) is 3.33. The smallest absolute Gasteiger partial charge is 0.249 e. The number of halogens is 1. The standard InChI is InChI=1S/C27H42ClN3O3S/c1-20(10-11-24(18-28)9-8-13-30(5)26(32)17-23(4)34-7)15-21(2)16-22(3)27(33)31(6)19-25-29-12-14-35-25/h12,14,16-18,20-21H,8-11,13,15,19H2,1-7H3/b22-16-,23-17-,24-18-. The molecule has 196 valence electrons. The monoisotopic (exact) mass is 523 g/mol. The summed E-state index contributed by atoms with van der Waals surface area (Å²) in [5.74, 6) is 1.41. The number of carbonyl (C=O) groups excluding carboxylic acids is 2. The van der Waals surface area contributed by atoms with Gasteiger partial charge < -0.3 is 14.5 Å². The Hall–Kier alpha value is -2.12. The van der Waals surface area contributed by atoms with Gasteiger partial charge in [0.1, 0.15) is 5.01 Å². The van der Waals surface area contributed by atoms with Crippen molar-refractivity contribution in [1.82, 2.24) is 14.8 Å². The van der Waals surface area contributed by atoms with Crippen LogP contribution in [-0.4, -0.2) is 54.3 Å². The van der Waals surface area contributed by atoms with Gasteiger partial charge >= 0.3 is 0 Å². The first-order chi connectivity index (χ1) is 16.6. The van der Waals surface area contributed by atoms with Crippen LogP contribution in [-0.2, 0) is 20.9 Å². The van der Waals surface area contributed by atoms with Crippen molar-refractivity contribution >= 4 is 34.8 Å². The summed E-state index contributed by atoms with van der Waals surface area (Å²) < 4.78 is 5.04. The van der Waals surface area contributed by atoms with Crippen LogP contribution in [0.2, 0.25) is 0 Å². The molecule has 35 heavy (non-hydrogen) atoms. The third kappa shape index (κ3) is 12.4. The minimum absolute atomic E-state index is 0.0448. The van der Waals surface area contributed by atoms with Gasteiger partial charge in [0.2, 0.25) is 11.8 Å². The fourth-order valence-electron chi connectivity index (χ4n) is 3.89. The summed E-state index contributed by atoms with van der Waals surface area (Å²) in [7, 11) is 5.17. The molecule has 6 nitrogen and oxygen atoms in total. The number of thiazole rings is 1. The summed E-state index contributed by atoms with van der Waals surface area (Å²) in [6.07, 6.45) is 10.1. The fraction of sp³-hybridized carbons (Fsp3) is 0.593. The molecule has 0 aliphatic carbocycles. The number of rotatable bonds is 15. The number of amides is 2. The number of aromatic nitrogens is 1. The second kappa shape index (κ2) is 16.5. The highest BCUT2D eigenvalue weighted by Gasteiger charge is 2.15. The summed E-state index contributed by atoms with van der Waals surface area (Å²) in [6, 6.07) is 0. The lowest BCUT2D eigenvalue weighted by atomic mass is 9.90. The van der Waals surface area contributed by atoms with Gasteiger partial charge in [-0.15, -0.1) is 11.3 Å². The lowest BCUT2D eigenvalue weighted by Gasteiger charge is -2.19. The van der Waals surface area contributed by atoms with Crippen LogP contribution in [0.4, 0.5) is 0 Å². The minimum atomic E-state index is -0.0559. The predicted octanol–water partition coefficient (Wildman–Crippen LogP) is 6.40. The van der Waals surface area contributed by atoms with Crippen LogP contribution in [0.25, 0.3) is 0 Å². The molecule has 0 saturated heterocycles. The number of hydrogen-bond acceptors (Lipinski definition) is 5.